The second kappa shape index (κ2) is 7.63. The maximum Gasteiger partial charge on any atom is 0.187 e. The van der Waals surface area contributed by atoms with E-state index in [2.05, 4.69) is 0 Å². The fraction of sp³-hybridized carbons (Fsp3) is 1.00. The molecule has 1 unspecified atom stereocenters. The van der Waals surface area contributed by atoms with Gasteiger partial charge in [0.25, 0.3) is 0 Å². The highest BCUT2D eigenvalue weighted by atomic mass is 16.7. The van der Waals surface area contributed by atoms with Gasteiger partial charge >= 0.3 is 0 Å². The molecule has 2 saturated heterocycles. The van der Waals surface area contributed by atoms with Gasteiger partial charge in [-0.1, -0.05) is 0 Å². The third kappa shape index (κ3) is 3.65. The van der Waals surface area contributed by atoms with Crippen LogP contribution in [-0.4, -0.2) is 115 Å². The zero-order chi connectivity index (χ0) is 17.3. The topological polar surface area (TPSA) is 190 Å². The second-order valence-corrected chi connectivity index (χ2v) is 5.53. The van der Waals surface area contributed by atoms with Crippen LogP contribution in [0.25, 0.3) is 0 Å². The molecular weight excluding hydrogens is 320 g/mol. The van der Waals surface area contributed by atoms with Crippen molar-refractivity contribution in [2.24, 2.45) is 0 Å². The van der Waals surface area contributed by atoms with E-state index in [0.717, 1.165) is 0 Å². The first-order valence-corrected chi connectivity index (χ1v) is 7.08. The molecule has 0 aliphatic carbocycles. The van der Waals surface area contributed by atoms with E-state index in [4.69, 9.17) is 19.3 Å². The third-order valence-electron chi connectivity index (χ3n) is 3.95. The van der Waals surface area contributed by atoms with Crippen molar-refractivity contribution in [2.45, 2.75) is 61.4 Å². The minimum absolute atomic E-state index is 0.711. The quantitative estimate of drug-likeness (QED) is 0.230. The molecule has 11 heteroatoms. The molecule has 0 aromatic rings. The molecule has 11 nitrogen and oxygen atoms in total. The number of aliphatic hydroxyl groups excluding tert-OH is 8. The molecule has 0 spiro atoms. The van der Waals surface area contributed by atoms with Gasteiger partial charge in [-0.15, -0.1) is 0 Å². The molecule has 0 radical (unpaired) electrons. The van der Waals surface area contributed by atoms with Gasteiger partial charge in [0.05, 0.1) is 13.2 Å². The van der Waals surface area contributed by atoms with Crippen molar-refractivity contribution in [3.8, 4) is 0 Å². The van der Waals surface area contributed by atoms with Crippen molar-refractivity contribution in [1.29, 1.82) is 0 Å². The Balaban J connectivity index is 2.02. The fourth-order valence-electron chi connectivity index (χ4n) is 2.60. The zero-order valence-electron chi connectivity index (χ0n) is 12.0. The van der Waals surface area contributed by atoms with E-state index < -0.39 is 74.6 Å². The van der Waals surface area contributed by atoms with Crippen LogP contribution in [0, 0.1) is 0 Å². The minimum atomic E-state index is -1.67. The molecule has 0 amide bonds. The van der Waals surface area contributed by atoms with E-state index in [1.54, 1.807) is 0 Å². The summed E-state index contributed by atoms with van der Waals surface area (Å²) < 4.78 is 15.2. The van der Waals surface area contributed by atoms with Crippen LogP contribution >= 0.6 is 0 Å². The number of hydrogen-bond donors (Lipinski definition) is 8. The van der Waals surface area contributed by atoms with E-state index in [1.807, 2.05) is 0 Å². The van der Waals surface area contributed by atoms with Crippen LogP contribution < -0.4 is 0 Å². The number of rotatable bonds is 6. The van der Waals surface area contributed by atoms with Crippen LogP contribution in [0.4, 0.5) is 0 Å². The van der Waals surface area contributed by atoms with Crippen molar-refractivity contribution < 1.29 is 55.1 Å². The predicted octanol–water partition coefficient (Wildman–Crippen LogP) is -5.40. The van der Waals surface area contributed by atoms with E-state index in [9.17, 15) is 35.7 Å². The zero-order valence-corrected chi connectivity index (χ0v) is 12.0. The Hall–Kier alpha value is -0.440. The summed E-state index contributed by atoms with van der Waals surface area (Å²) >= 11 is 0. The molecule has 2 fully saturated rings. The van der Waals surface area contributed by atoms with Crippen LogP contribution in [0.5, 0.6) is 0 Å². The molecule has 23 heavy (non-hydrogen) atoms. The fourth-order valence-corrected chi connectivity index (χ4v) is 2.60. The minimum Gasteiger partial charge on any atom is -0.394 e. The summed E-state index contributed by atoms with van der Waals surface area (Å²) in [6.07, 6.45) is -14.8. The summed E-state index contributed by atoms with van der Waals surface area (Å²) in [6, 6.07) is 0. The van der Waals surface area contributed by atoms with Crippen LogP contribution in [0.2, 0.25) is 0 Å². The molecule has 2 heterocycles. The summed E-state index contributed by atoms with van der Waals surface area (Å²) in [4.78, 5) is 0. The van der Waals surface area contributed by atoms with E-state index in [1.165, 1.54) is 0 Å². The van der Waals surface area contributed by atoms with E-state index in [0.29, 0.717) is 0 Å². The summed E-state index contributed by atoms with van der Waals surface area (Å²) in [5.74, 6) is 0. The molecule has 0 aromatic carbocycles. The molecule has 2 aliphatic rings. The molecule has 0 aromatic heterocycles. The normalized spacial score (nSPS) is 47.0. The highest BCUT2D eigenvalue weighted by Gasteiger charge is 2.51. The lowest BCUT2D eigenvalue weighted by atomic mass is 10.1. The molecule has 8 N–H and O–H groups in total. The van der Waals surface area contributed by atoms with Gasteiger partial charge < -0.3 is 55.1 Å². The lowest BCUT2D eigenvalue weighted by Crippen LogP contribution is -2.46. The van der Waals surface area contributed by atoms with Gasteiger partial charge in [0.1, 0.15) is 48.8 Å². The Bertz CT molecular complexity index is 382. The van der Waals surface area contributed by atoms with Crippen LogP contribution in [0.15, 0.2) is 0 Å². The smallest absolute Gasteiger partial charge is 0.187 e. The Kier molecular flexibility index (Phi) is 6.27. The van der Waals surface area contributed by atoms with Crippen molar-refractivity contribution in [3.05, 3.63) is 0 Å². The highest BCUT2D eigenvalue weighted by molar-refractivity contribution is 4.94. The van der Waals surface area contributed by atoms with Crippen molar-refractivity contribution >= 4 is 0 Å². The second-order valence-electron chi connectivity index (χ2n) is 5.53. The summed E-state index contributed by atoms with van der Waals surface area (Å²) in [5, 5.41) is 75.8. The first-order chi connectivity index (χ1) is 10.8. The maximum absolute atomic E-state index is 9.85. The summed E-state index contributed by atoms with van der Waals surface area (Å²) in [5.41, 5.74) is 0. The summed E-state index contributed by atoms with van der Waals surface area (Å²) in [6.45, 7) is -1.43. The number of hydrogen-bond acceptors (Lipinski definition) is 11. The van der Waals surface area contributed by atoms with Gasteiger partial charge in [0, 0.05) is 0 Å². The maximum atomic E-state index is 9.85. The van der Waals surface area contributed by atoms with Gasteiger partial charge in [-0.05, 0) is 0 Å². The highest BCUT2D eigenvalue weighted by Crippen LogP contribution is 2.29. The van der Waals surface area contributed by atoms with Crippen molar-refractivity contribution in [2.75, 3.05) is 13.2 Å². The van der Waals surface area contributed by atoms with Gasteiger partial charge in [0.2, 0.25) is 0 Å². The molecule has 10 atom stereocenters. The molecule has 0 saturated carbocycles. The van der Waals surface area contributed by atoms with Gasteiger partial charge in [-0.3, -0.25) is 0 Å². The van der Waals surface area contributed by atoms with Crippen LogP contribution in [0.1, 0.15) is 0 Å². The third-order valence-corrected chi connectivity index (χ3v) is 3.95. The number of aliphatic hydroxyl groups is 8. The largest absolute Gasteiger partial charge is 0.394 e. The lowest BCUT2D eigenvalue weighted by molar-refractivity contribution is -0.239. The predicted molar refractivity (Wildman–Crippen MR) is 68.6 cm³/mol. The average molecular weight is 342 g/mol. The monoisotopic (exact) mass is 342 g/mol. The molecular formula is C12H22O11. The first-order valence-electron chi connectivity index (χ1n) is 7.08. The van der Waals surface area contributed by atoms with Crippen molar-refractivity contribution in [1.82, 2.24) is 0 Å². The molecule has 2 aliphatic heterocycles. The SMILES string of the molecule is OC[C@@H](O)[C@@H]1O[C@@H](O[C@H](CO)[C@@H]2OC(O)[C@H](O)[C@H]2O)[C@H](O)[C@H]1O. The Labute approximate surface area is 130 Å². The Morgan fingerprint density at radius 3 is 1.87 bits per heavy atom. The number of ether oxygens (including phenoxy) is 3. The average Bonchev–Trinajstić information content (AvgIpc) is 2.96. The van der Waals surface area contributed by atoms with Crippen LogP contribution in [-0.2, 0) is 14.2 Å². The lowest BCUT2D eigenvalue weighted by Gasteiger charge is -2.27. The first kappa shape index (κ1) is 18.9. The Morgan fingerprint density at radius 2 is 1.39 bits per heavy atom. The van der Waals surface area contributed by atoms with Crippen molar-refractivity contribution in [3.63, 3.8) is 0 Å². The molecule has 0 bridgehead atoms. The molecule has 2 rings (SSSR count). The standard InChI is InChI=1S/C12H22O11/c13-1-3(15)9-6(17)8(19)12(23-9)21-4(2-14)10-5(16)7(18)11(20)22-10/h3-20H,1-2H2/t3-,4-,5-,6-,7-,8-,9+,10+,11?,12-/m1/s1. The van der Waals surface area contributed by atoms with Gasteiger partial charge in [0.15, 0.2) is 12.6 Å². The van der Waals surface area contributed by atoms with E-state index >= 15 is 0 Å². The van der Waals surface area contributed by atoms with Crippen LogP contribution in [0.3, 0.4) is 0 Å². The van der Waals surface area contributed by atoms with Gasteiger partial charge in [-0.25, -0.2) is 0 Å². The van der Waals surface area contributed by atoms with Gasteiger partial charge in [-0.2, -0.15) is 0 Å². The Morgan fingerprint density at radius 1 is 0.783 bits per heavy atom. The van der Waals surface area contributed by atoms with E-state index in [-0.39, 0.29) is 0 Å². The summed E-state index contributed by atoms with van der Waals surface area (Å²) in [7, 11) is 0. The molecule has 136 valence electrons.